The minimum absolute atomic E-state index is 0.211. The maximum atomic E-state index is 13.7. The molecule has 44 heavy (non-hydrogen) atoms. The normalized spacial score (nSPS) is 21.2. The average Bonchev–Trinajstić information content (AvgIpc) is 3.32. The Kier molecular flexibility index (Phi) is 8.42. The maximum absolute atomic E-state index is 13.7. The van der Waals surface area contributed by atoms with Crippen molar-refractivity contribution in [1.29, 1.82) is 0 Å². The van der Waals surface area contributed by atoms with Crippen molar-refractivity contribution < 1.29 is 24.9 Å². The van der Waals surface area contributed by atoms with Crippen molar-refractivity contribution >= 4 is 39.9 Å². The molecule has 0 unspecified atom stereocenters. The van der Waals surface area contributed by atoms with E-state index in [0.29, 0.717) is 36.9 Å². The molecule has 7 heteroatoms. The van der Waals surface area contributed by atoms with E-state index in [1.54, 1.807) is 36.5 Å². The molecule has 1 aliphatic carbocycles. The molecule has 0 radical (unpaired) electrons. The van der Waals surface area contributed by atoms with Gasteiger partial charge in [0, 0.05) is 17.5 Å². The number of phenolic OH excluding ortho intramolecular Hbond substituents is 1. The van der Waals surface area contributed by atoms with E-state index in [4.69, 9.17) is 0 Å². The van der Waals surface area contributed by atoms with Crippen molar-refractivity contribution in [3.8, 4) is 5.75 Å². The molecule has 6 rings (SSSR count). The van der Waals surface area contributed by atoms with Gasteiger partial charge in [0.25, 0.3) is 0 Å². The van der Waals surface area contributed by atoms with Gasteiger partial charge in [0.1, 0.15) is 5.75 Å². The van der Waals surface area contributed by atoms with E-state index in [1.807, 2.05) is 67.6 Å². The first-order valence-electron chi connectivity index (χ1n) is 15.2. The number of aromatic hydroxyl groups is 1. The molecule has 3 N–H and O–H groups in total. The van der Waals surface area contributed by atoms with E-state index < -0.39 is 23.9 Å². The third kappa shape index (κ3) is 5.34. The molecular formula is C37H36N2O5. The predicted molar refractivity (Wildman–Crippen MR) is 171 cm³/mol. The van der Waals surface area contributed by atoms with Crippen LogP contribution in [0.15, 0.2) is 102 Å². The molecule has 1 aromatic heterocycles. The van der Waals surface area contributed by atoms with Crippen molar-refractivity contribution in [3.05, 3.63) is 114 Å². The second-order valence-electron chi connectivity index (χ2n) is 11.5. The minimum Gasteiger partial charge on any atom is -0.507 e. The number of carbonyl (C=O) groups excluding carboxylic acids is 2. The molecular weight excluding hydrogens is 552 g/mol. The van der Waals surface area contributed by atoms with Crippen LogP contribution in [0.4, 0.5) is 5.69 Å². The number of fused-ring (bicyclic) bond motifs is 2. The standard InChI is InChI=1S/C37H36N2O5/c1-2-23-21-29-35(37(44)39(36(29)43)26-10-4-3-5-11-26)30(22-40)34(23)33(42)18-16-25(31-14-8-9-19-38-31)20-24-15-17-32(41)28-13-7-6-12-27(24)28/h3-15,17,19-20,29-30,33,35,40-42H,2,16,18,21-22H2,1H3/b25-20-/t29-,30+,33-,35-/m1/s1. The number of hydrogen-bond donors (Lipinski definition) is 3. The Bertz CT molecular complexity index is 1750. The van der Waals surface area contributed by atoms with Crippen LogP contribution in [0.2, 0.25) is 0 Å². The monoisotopic (exact) mass is 588 g/mol. The Morgan fingerprint density at radius 2 is 1.68 bits per heavy atom. The smallest absolute Gasteiger partial charge is 0.238 e. The lowest BCUT2D eigenvalue weighted by Crippen LogP contribution is -2.39. The van der Waals surface area contributed by atoms with E-state index in [9.17, 15) is 24.9 Å². The van der Waals surface area contributed by atoms with E-state index in [1.165, 1.54) is 4.90 Å². The fourth-order valence-corrected chi connectivity index (χ4v) is 7.02. The number of imide groups is 1. The number of allylic oxidation sites excluding steroid dienone is 2. The number of rotatable bonds is 9. The van der Waals surface area contributed by atoms with Crippen LogP contribution in [0, 0.1) is 17.8 Å². The number of benzene rings is 3. The summed E-state index contributed by atoms with van der Waals surface area (Å²) >= 11 is 0. The Balaban J connectivity index is 1.31. The highest BCUT2D eigenvalue weighted by Gasteiger charge is 2.55. The van der Waals surface area contributed by atoms with Crippen molar-refractivity contribution in [1.82, 2.24) is 4.98 Å². The Morgan fingerprint density at radius 1 is 0.955 bits per heavy atom. The summed E-state index contributed by atoms with van der Waals surface area (Å²) in [6.07, 6.45) is 4.68. The fourth-order valence-electron chi connectivity index (χ4n) is 7.02. The van der Waals surface area contributed by atoms with Gasteiger partial charge < -0.3 is 15.3 Å². The number of carbonyl (C=O) groups is 2. The van der Waals surface area contributed by atoms with E-state index in [0.717, 1.165) is 33.2 Å². The van der Waals surface area contributed by atoms with Gasteiger partial charge in [0.15, 0.2) is 0 Å². The number of phenols is 1. The molecule has 7 nitrogen and oxygen atoms in total. The molecule has 224 valence electrons. The molecule has 1 saturated heterocycles. The number of hydrogen-bond acceptors (Lipinski definition) is 6. The quantitative estimate of drug-likeness (QED) is 0.160. The third-order valence-electron chi connectivity index (χ3n) is 9.13. The molecule has 1 fully saturated rings. The van der Waals surface area contributed by atoms with Gasteiger partial charge >= 0.3 is 0 Å². The lowest BCUT2D eigenvalue weighted by atomic mass is 9.67. The van der Waals surface area contributed by atoms with Gasteiger partial charge in [0.05, 0.1) is 35.9 Å². The summed E-state index contributed by atoms with van der Waals surface area (Å²) in [7, 11) is 0. The summed E-state index contributed by atoms with van der Waals surface area (Å²) in [5.41, 5.74) is 4.76. The summed E-state index contributed by atoms with van der Waals surface area (Å²) in [6, 6.07) is 25.8. The predicted octanol–water partition coefficient (Wildman–Crippen LogP) is 6.15. The minimum atomic E-state index is -0.916. The Labute approximate surface area is 256 Å². The number of pyridine rings is 1. The summed E-state index contributed by atoms with van der Waals surface area (Å²) in [6.45, 7) is 1.66. The molecule has 0 bridgehead atoms. The van der Waals surface area contributed by atoms with Crippen LogP contribution in [0.5, 0.6) is 5.75 Å². The maximum Gasteiger partial charge on any atom is 0.238 e. The molecule has 3 aromatic carbocycles. The number of para-hydroxylation sites is 1. The van der Waals surface area contributed by atoms with Gasteiger partial charge in [-0.3, -0.25) is 19.5 Å². The van der Waals surface area contributed by atoms with E-state index >= 15 is 0 Å². The van der Waals surface area contributed by atoms with Crippen LogP contribution in [0.1, 0.15) is 43.9 Å². The van der Waals surface area contributed by atoms with Gasteiger partial charge in [-0.2, -0.15) is 0 Å². The first-order chi connectivity index (χ1) is 21.4. The molecule has 0 spiro atoms. The molecule has 2 amide bonds. The Hall–Kier alpha value is -4.59. The van der Waals surface area contributed by atoms with Gasteiger partial charge in [-0.25, -0.2) is 0 Å². The van der Waals surface area contributed by atoms with Gasteiger partial charge in [-0.05, 0) is 84.2 Å². The van der Waals surface area contributed by atoms with Crippen molar-refractivity contribution in [2.75, 3.05) is 11.5 Å². The van der Waals surface area contributed by atoms with Crippen LogP contribution in [-0.2, 0) is 9.59 Å². The van der Waals surface area contributed by atoms with Crippen LogP contribution in [0.25, 0.3) is 22.4 Å². The lowest BCUT2D eigenvalue weighted by Gasteiger charge is -2.36. The van der Waals surface area contributed by atoms with Crippen LogP contribution in [-0.4, -0.2) is 44.8 Å². The summed E-state index contributed by atoms with van der Waals surface area (Å²) < 4.78 is 0. The van der Waals surface area contributed by atoms with Gasteiger partial charge in [-0.15, -0.1) is 0 Å². The second-order valence-corrected chi connectivity index (χ2v) is 11.5. The highest BCUT2D eigenvalue weighted by Crippen LogP contribution is 2.48. The molecule has 4 atom stereocenters. The first-order valence-corrected chi connectivity index (χ1v) is 15.2. The molecule has 4 aromatic rings. The zero-order valence-electron chi connectivity index (χ0n) is 24.6. The summed E-state index contributed by atoms with van der Waals surface area (Å²) in [4.78, 5) is 33.1. The topological polar surface area (TPSA) is 111 Å². The molecule has 1 aliphatic heterocycles. The number of amides is 2. The number of aromatic nitrogens is 1. The Morgan fingerprint density at radius 3 is 2.39 bits per heavy atom. The van der Waals surface area contributed by atoms with Crippen LogP contribution in [0.3, 0.4) is 0 Å². The summed E-state index contributed by atoms with van der Waals surface area (Å²) in [5.74, 6) is -2.28. The van der Waals surface area contributed by atoms with Crippen LogP contribution < -0.4 is 4.90 Å². The average molecular weight is 589 g/mol. The summed E-state index contributed by atoms with van der Waals surface area (Å²) in [5, 5.41) is 34.4. The number of aliphatic hydroxyl groups is 2. The number of anilines is 1. The number of aliphatic hydroxyl groups excluding tert-OH is 2. The third-order valence-corrected chi connectivity index (χ3v) is 9.13. The van der Waals surface area contributed by atoms with E-state index in [2.05, 4.69) is 4.98 Å². The largest absolute Gasteiger partial charge is 0.507 e. The lowest BCUT2D eigenvalue weighted by molar-refractivity contribution is -0.123. The zero-order valence-corrected chi connectivity index (χ0v) is 24.6. The fraction of sp³-hybridized carbons (Fsp3) is 0.270. The first kappa shape index (κ1) is 29.5. The molecule has 2 heterocycles. The highest BCUT2D eigenvalue weighted by atomic mass is 16.3. The molecule has 2 aliphatic rings. The molecule has 0 saturated carbocycles. The van der Waals surface area contributed by atoms with Crippen molar-refractivity contribution in [3.63, 3.8) is 0 Å². The number of nitrogens with zero attached hydrogens (tertiary/aromatic N) is 2. The second kappa shape index (κ2) is 12.6. The van der Waals surface area contributed by atoms with Gasteiger partial charge in [0.2, 0.25) is 11.8 Å². The van der Waals surface area contributed by atoms with Crippen molar-refractivity contribution in [2.24, 2.45) is 17.8 Å². The van der Waals surface area contributed by atoms with E-state index in [-0.39, 0.29) is 24.2 Å². The van der Waals surface area contributed by atoms with Crippen LogP contribution >= 0.6 is 0 Å². The zero-order chi connectivity index (χ0) is 30.8. The SMILES string of the molecule is CCC1=C([C@H](O)CC/C(=C/c2ccc(O)c3ccccc23)c2ccccn2)[C@H](CO)[C@@H]2C(=O)N(c3ccccc3)C(=O)[C@@H]2C1. The highest BCUT2D eigenvalue weighted by molar-refractivity contribution is 6.22. The van der Waals surface area contributed by atoms with Crippen molar-refractivity contribution in [2.45, 2.75) is 38.7 Å². The van der Waals surface area contributed by atoms with Gasteiger partial charge in [-0.1, -0.05) is 67.1 Å².